The predicted molar refractivity (Wildman–Crippen MR) is 109 cm³/mol. The van der Waals surface area contributed by atoms with E-state index in [4.69, 9.17) is 4.74 Å². The molecule has 1 atom stereocenters. The van der Waals surface area contributed by atoms with E-state index in [0.717, 1.165) is 11.6 Å². The number of aliphatic hydroxyl groups is 2. The lowest BCUT2D eigenvalue weighted by molar-refractivity contribution is 0.0336. The summed E-state index contributed by atoms with van der Waals surface area (Å²) in [5.74, 6) is -0.938. The van der Waals surface area contributed by atoms with Gasteiger partial charge in [-0.25, -0.2) is 8.78 Å². The summed E-state index contributed by atoms with van der Waals surface area (Å²) in [6.45, 7) is 1.80. The molecule has 1 fully saturated rings. The highest BCUT2D eigenvalue weighted by molar-refractivity contribution is 5.98. The molecule has 1 unspecified atom stereocenters. The number of ketones is 1. The number of halogens is 2. The molecule has 0 aliphatic carbocycles. The number of hydrogen-bond acceptors (Lipinski definition) is 5. The molecule has 2 aromatic rings. The number of β-amino-alcohol motifs (C(OH)–C–C–N with tert-alkyl or cyclic N) is 1. The number of Topliss-reactive ketones (excluding diaryl/α,β-unsaturated/α-hetero) is 1. The standard InChI is InChI=1S/C23H27F2NO4/c24-17-4-1-16(2-5-17)3-7-22(29)21-13-18(25)6-8-23(21)30-15-20(28)14-26-11-9-19(27)10-12-26/h1-2,4-6,8,13,19-20,27-28H,3,7,9-12,14-15H2. The van der Waals surface area contributed by atoms with Gasteiger partial charge in [0.1, 0.15) is 30.1 Å². The van der Waals surface area contributed by atoms with Crippen LogP contribution in [0.15, 0.2) is 42.5 Å². The van der Waals surface area contributed by atoms with Crippen molar-refractivity contribution in [2.75, 3.05) is 26.2 Å². The van der Waals surface area contributed by atoms with Gasteiger partial charge in [0.15, 0.2) is 5.78 Å². The van der Waals surface area contributed by atoms with E-state index < -0.39 is 11.9 Å². The zero-order chi connectivity index (χ0) is 21.5. The van der Waals surface area contributed by atoms with Gasteiger partial charge in [0, 0.05) is 26.1 Å². The Hall–Kier alpha value is -2.35. The number of likely N-dealkylation sites (tertiary alicyclic amines) is 1. The molecular weight excluding hydrogens is 392 g/mol. The lowest BCUT2D eigenvalue weighted by Gasteiger charge is -2.30. The van der Waals surface area contributed by atoms with Crippen molar-refractivity contribution in [1.29, 1.82) is 0 Å². The Labute approximate surface area is 174 Å². The number of piperidine rings is 1. The maximum Gasteiger partial charge on any atom is 0.167 e. The predicted octanol–water partition coefficient (Wildman–Crippen LogP) is 2.98. The van der Waals surface area contributed by atoms with Gasteiger partial charge in [-0.1, -0.05) is 12.1 Å². The molecule has 162 valence electrons. The fraction of sp³-hybridized carbons (Fsp3) is 0.435. The lowest BCUT2D eigenvalue weighted by atomic mass is 10.0. The Bertz CT molecular complexity index is 836. The van der Waals surface area contributed by atoms with Crippen LogP contribution in [-0.4, -0.2) is 59.3 Å². The van der Waals surface area contributed by atoms with E-state index in [1.807, 2.05) is 0 Å². The van der Waals surface area contributed by atoms with Gasteiger partial charge in [0.25, 0.3) is 0 Å². The molecule has 2 aromatic carbocycles. The molecule has 2 N–H and O–H groups in total. The first-order valence-electron chi connectivity index (χ1n) is 10.2. The highest BCUT2D eigenvalue weighted by Gasteiger charge is 2.20. The number of carbonyl (C=O) groups is 1. The SMILES string of the molecule is O=C(CCc1ccc(F)cc1)c1cc(F)ccc1OCC(O)CN1CCC(O)CC1. The van der Waals surface area contributed by atoms with E-state index in [1.165, 1.54) is 24.3 Å². The van der Waals surface area contributed by atoms with Crippen LogP contribution in [0.2, 0.25) is 0 Å². The second kappa shape index (κ2) is 10.6. The van der Waals surface area contributed by atoms with Gasteiger partial charge in [-0.05, 0) is 55.2 Å². The summed E-state index contributed by atoms with van der Waals surface area (Å²) in [5.41, 5.74) is 0.941. The van der Waals surface area contributed by atoms with Gasteiger partial charge in [-0.15, -0.1) is 0 Å². The number of nitrogens with zero attached hydrogens (tertiary/aromatic N) is 1. The van der Waals surface area contributed by atoms with Crippen molar-refractivity contribution in [3.05, 3.63) is 65.2 Å². The molecule has 1 saturated heterocycles. The normalized spacial score (nSPS) is 16.4. The Morgan fingerprint density at radius 1 is 1.10 bits per heavy atom. The van der Waals surface area contributed by atoms with Crippen molar-refractivity contribution in [3.63, 3.8) is 0 Å². The minimum absolute atomic E-state index is 0.0249. The number of ether oxygens (including phenoxy) is 1. The third kappa shape index (κ3) is 6.58. The summed E-state index contributed by atoms with van der Waals surface area (Å²) in [4.78, 5) is 14.7. The van der Waals surface area contributed by atoms with Crippen LogP contribution in [0.1, 0.15) is 35.2 Å². The number of rotatable bonds is 9. The van der Waals surface area contributed by atoms with E-state index in [-0.39, 0.29) is 42.0 Å². The quantitative estimate of drug-likeness (QED) is 0.612. The number of carbonyl (C=O) groups excluding carboxylic acids is 1. The molecule has 0 radical (unpaired) electrons. The molecule has 30 heavy (non-hydrogen) atoms. The van der Waals surface area contributed by atoms with Crippen LogP contribution in [0.5, 0.6) is 5.75 Å². The molecule has 1 heterocycles. The molecule has 3 rings (SSSR count). The monoisotopic (exact) mass is 419 g/mol. The largest absolute Gasteiger partial charge is 0.490 e. The summed E-state index contributed by atoms with van der Waals surface area (Å²) in [7, 11) is 0. The van der Waals surface area contributed by atoms with Crippen LogP contribution in [0, 0.1) is 11.6 Å². The van der Waals surface area contributed by atoms with Crippen LogP contribution in [0.3, 0.4) is 0 Å². The molecular formula is C23H27F2NO4. The molecule has 1 aliphatic heterocycles. The molecule has 0 aromatic heterocycles. The highest BCUT2D eigenvalue weighted by Crippen LogP contribution is 2.23. The molecule has 0 spiro atoms. The van der Waals surface area contributed by atoms with E-state index in [9.17, 15) is 23.8 Å². The summed E-state index contributed by atoms with van der Waals surface area (Å²) in [6.07, 6.45) is 0.837. The molecule has 0 bridgehead atoms. The van der Waals surface area contributed by atoms with Crippen LogP contribution in [-0.2, 0) is 6.42 Å². The number of aliphatic hydroxyl groups excluding tert-OH is 2. The van der Waals surface area contributed by atoms with Gasteiger partial charge in [0.05, 0.1) is 11.7 Å². The lowest BCUT2D eigenvalue weighted by Crippen LogP contribution is -2.41. The van der Waals surface area contributed by atoms with Crippen molar-refractivity contribution in [3.8, 4) is 5.75 Å². The summed E-state index contributed by atoms with van der Waals surface area (Å²) < 4.78 is 32.4. The van der Waals surface area contributed by atoms with E-state index in [2.05, 4.69) is 4.90 Å². The number of hydrogen-bond donors (Lipinski definition) is 2. The summed E-state index contributed by atoms with van der Waals surface area (Å²) >= 11 is 0. The Balaban J connectivity index is 1.56. The molecule has 0 saturated carbocycles. The topological polar surface area (TPSA) is 70.0 Å². The van der Waals surface area contributed by atoms with Crippen LogP contribution in [0.4, 0.5) is 8.78 Å². The van der Waals surface area contributed by atoms with E-state index >= 15 is 0 Å². The highest BCUT2D eigenvalue weighted by atomic mass is 19.1. The Kier molecular flexibility index (Phi) is 7.90. The van der Waals surface area contributed by atoms with Gasteiger partial charge in [0.2, 0.25) is 0 Å². The Morgan fingerprint density at radius 2 is 1.77 bits per heavy atom. The van der Waals surface area contributed by atoms with E-state index in [1.54, 1.807) is 12.1 Å². The third-order valence-electron chi connectivity index (χ3n) is 5.25. The molecule has 0 amide bonds. The first-order chi connectivity index (χ1) is 14.4. The molecule has 1 aliphatic rings. The minimum Gasteiger partial charge on any atom is -0.490 e. The average Bonchev–Trinajstić information content (AvgIpc) is 2.74. The maximum atomic E-state index is 13.7. The Morgan fingerprint density at radius 3 is 2.47 bits per heavy atom. The average molecular weight is 419 g/mol. The fourth-order valence-electron chi connectivity index (χ4n) is 3.53. The first-order valence-corrected chi connectivity index (χ1v) is 10.2. The zero-order valence-electron chi connectivity index (χ0n) is 16.8. The second-order valence-electron chi connectivity index (χ2n) is 7.69. The number of aryl methyl sites for hydroxylation is 1. The zero-order valence-corrected chi connectivity index (χ0v) is 16.8. The maximum absolute atomic E-state index is 13.7. The van der Waals surface area contributed by atoms with Gasteiger partial charge >= 0.3 is 0 Å². The summed E-state index contributed by atoms with van der Waals surface area (Å²) in [6, 6.07) is 9.64. The van der Waals surface area contributed by atoms with Crippen molar-refractivity contribution in [1.82, 2.24) is 4.90 Å². The first kappa shape index (κ1) is 22.3. The third-order valence-corrected chi connectivity index (χ3v) is 5.25. The van der Waals surface area contributed by atoms with Crippen molar-refractivity contribution < 1.29 is 28.5 Å². The smallest absolute Gasteiger partial charge is 0.167 e. The van der Waals surface area contributed by atoms with Crippen LogP contribution < -0.4 is 4.74 Å². The van der Waals surface area contributed by atoms with Gasteiger partial charge < -0.3 is 19.8 Å². The molecule has 7 heteroatoms. The van der Waals surface area contributed by atoms with Gasteiger partial charge in [-0.2, -0.15) is 0 Å². The van der Waals surface area contributed by atoms with Gasteiger partial charge in [-0.3, -0.25) is 4.79 Å². The van der Waals surface area contributed by atoms with Crippen molar-refractivity contribution in [2.45, 2.75) is 37.9 Å². The van der Waals surface area contributed by atoms with Crippen LogP contribution in [0.25, 0.3) is 0 Å². The van der Waals surface area contributed by atoms with E-state index in [0.29, 0.717) is 38.9 Å². The van der Waals surface area contributed by atoms with Crippen LogP contribution >= 0.6 is 0 Å². The summed E-state index contributed by atoms with van der Waals surface area (Å²) in [5, 5.41) is 19.8. The second-order valence-corrected chi connectivity index (χ2v) is 7.69. The fourth-order valence-corrected chi connectivity index (χ4v) is 3.53. The van der Waals surface area contributed by atoms with Crippen molar-refractivity contribution in [2.24, 2.45) is 0 Å². The number of benzene rings is 2. The minimum atomic E-state index is -0.771. The molecule has 5 nitrogen and oxygen atoms in total. The van der Waals surface area contributed by atoms with Crippen molar-refractivity contribution >= 4 is 5.78 Å².